The third kappa shape index (κ3) is 4.24. The zero-order valence-corrected chi connectivity index (χ0v) is 11.4. The quantitative estimate of drug-likeness (QED) is 0.769. The molecule has 3 heteroatoms. The largest absolute Gasteiger partial charge is 0.330 e. The van der Waals surface area contributed by atoms with E-state index in [4.69, 9.17) is 5.73 Å². The van der Waals surface area contributed by atoms with Crippen LogP contribution in [0.1, 0.15) is 32.1 Å². The van der Waals surface area contributed by atoms with E-state index in [1.807, 2.05) is 11.3 Å². The molecular formula is C13H24N2S. The molecule has 0 fully saturated rings. The highest BCUT2D eigenvalue weighted by Crippen LogP contribution is 2.26. The molecule has 0 aliphatic carbocycles. The van der Waals surface area contributed by atoms with Crippen LogP contribution in [0.3, 0.4) is 0 Å². The Kier molecular flexibility index (Phi) is 5.46. The van der Waals surface area contributed by atoms with Gasteiger partial charge in [-0.15, -0.1) is 11.3 Å². The zero-order chi connectivity index (χ0) is 12.0. The van der Waals surface area contributed by atoms with Crippen LogP contribution in [0, 0.1) is 5.92 Å². The van der Waals surface area contributed by atoms with Gasteiger partial charge in [-0.25, -0.2) is 0 Å². The minimum Gasteiger partial charge on any atom is -0.330 e. The van der Waals surface area contributed by atoms with Gasteiger partial charge in [0.25, 0.3) is 0 Å². The minimum atomic E-state index is 0.233. The highest BCUT2D eigenvalue weighted by molar-refractivity contribution is 7.10. The molecule has 1 atom stereocenters. The van der Waals surface area contributed by atoms with Gasteiger partial charge in [0.1, 0.15) is 0 Å². The second-order valence-corrected chi connectivity index (χ2v) is 6.12. The van der Waals surface area contributed by atoms with Crippen molar-refractivity contribution in [3.63, 3.8) is 0 Å². The third-order valence-electron chi connectivity index (χ3n) is 2.91. The van der Waals surface area contributed by atoms with Crippen LogP contribution in [0.15, 0.2) is 17.5 Å². The molecule has 0 saturated carbocycles. The highest BCUT2D eigenvalue weighted by Gasteiger charge is 2.21. The van der Waals surface area contributed by atoms with E-state index in [1.54, 1.807) is 0 Å². The van der Waals surface area contributed by atoms with Crippen LogP contribution in [0.5, 0.6) is 0 Å². The van der Waals surface area contributed by atoms with Crippen molar-refractivity contribution in [2.45, 2.75) is 32.6 Å². The molecule has 1 heterocycles. The Hall–Kier alpha value is -0.380. The molecule has 0 aliphatic heterocycles. The average molecular weight is 240 g/mol. The summed E-state index contributed by atoms with van der Waals surface area (Å²) < 4.78 is 0. The molecule has 0 bridgehead atoms. The molecule has 2 nitrogen and oxygen atoms in total. The summed E-state index contributed by atoms with van der Waals surface area (Å²) in [5.74, 6) is 0.670. The molecule has 0 saturated heterocycles. The topological polar surface area (TPSA) is 38.0 Å². The summed E-state index contributed by atoms with van der Waals surface area (Å²) in [6.45, 7) is 9.71. The van der Waals surface area contributed by atoms with Crippen molar-refractivity contribution in [1.82, 2.24) is 5.32 Å². The maximum Gasteiger partial charge on any atom is 0.0115 e. The Morgan fingerprint density at radius 3 is 2.81 bits per heavy atom. The number of rotatable bonds is 7. The van der Waals surface area contributed by atoms with Gasteiger partial charge in [0.15, 0.2) is 0 Å². The standard InChI is InChI=1S/C13H24N2S/c1-11(6-7-14)9-15-10-13(2,3)12-5-4-8-16-12/h4-5,8,11,15H,6-7,9-10,14H2,1-3H3. The Bertz CT molecular complexity index is 280. The first-order chi connectivity index (χ1) is 7.56. The van der Waals surface area contributed by atoms with E-state index in [1.165, 1.54) is 4.88 Å². The first kappa shape index (κ1) is 13.7. The highest BCUT2D eigenvalue weighted by atomic mass is 32.1. The Morgan fingerprint density at radius 1 is 1.50 bits per heavy atom. The first-order valence-corrected chi connectivity index (χ1v) is 6.89. The van der Waals surface area contributed by atoms with E-state index in [0.717, 1.165) is 26.1 Å². The molecule has 1 aromatic heterocycles. The number of nitrogens with one attached hydrogen (secondary N) is 1. The van der Waals surface area contributed by atoms with Crippen LogP contribution in [0.25, 0.3) is 0 Å². The van der Waals surface area contributed by atoms with Gasteiger partial charge in [0, 0.05) is 16.8 Å². The summed E-state index contributed by atoms with van der Waals surface area (Å²) in [6, 6.07) is 4.34. The first-order valence-electron chi connectivity index (χ1n) is 6.01. The average Bonchev–Trinajstić information content (AvgIpc) is 2.71. The van der Waals surface area contributed by atoms with Gasteiger partial charge in [-0.1, -0.05) is 26.8 Å². The summed E-state index contributed by atoms with van der Waals surface area (Å²) in [5.41, 5.74) is 5.77. The van der Waals surface area contributed by atoms with Gasteiger partial charge in [-0.05, 0) is 36.9 Å². The van der Waals surface area contributed by atoms with Crippen molar-refractivity contribution in [2.75, 3.05) is 19.6 Å². The van der Waals surface area contributed by atoms with Gasteiger partial charge < -0.3 is 11.1 Å². The predicted octanol–water partition coefficient (Wildman–Crippen LogP) is 2.60. The summed E-state index contributed by atoms with van der Waals surface area (Å²) in [5, 5.41) is 5.70. The fourth-order valence-corrected chi connectivity index (χ4v) is 2.62. The van der Waals surface area contributed by atoms with E-state index in [2.05, 4.69) is 43.6 Å². The molecule has 1 rings (SSSR count). The van der Waals surface area contributed by atoms with E-state index in [9.17, 15) is 0 Å². The molecule has 0 aromatic carbocycles. The molecular weight excluding hydrogens is 216 g/mol. The monoisotopic (exact) mass is 240 g/mol. The molecule has 0 spiro atoms. The molecule has 16 heavy (non-hydrogen) atoms. The molecule has 3 N–H and O–H groups in total. The van der Waals surface area contributed by atoms with Crippen LogP contribution in [-0.2, 0) is 5.41 Å². The SMILES string of the molecule is CC(CCN)CNCC(C)(C)c1cccs1. The van der Waals surface area contributed by atoms with E-state index in [-0.39, 0.29) is 5.41 Å². The molecule has 1 unspecified atom stereocenters. The molecule has 0 aliphatic rings. The van der Waals surface area contributed by atoms with Gasteiger partial charge in [0.05, 0.1) is 0 Å². The smallest absolute Gasteiger partial charge is 0.0115 e. The maximum atomic E-state index is 5.54. The second kappa shape index (κ2) is 6.38. The predicted molar refractivity (Wildman–Crippen MR) is 73.1 cm³/mol. The zero-order valence-electron chi connectivity index (χ0n) is 10.6. The van der Waals surface area contributed by atoms with Crippen LogP contribution >= 0.6 is 11.3 Å². The van der Waals surface area contributed by atoms with Gasteiger partial charge in [0.2, 0.25) is 0 Å². The number of hydrogen-bond acceptors (Lipinski definition) is 3. The lowest BCUT2D eigenvalue weighted by molar-refractivity contribution is 0.426. The molecule has 1 aromatic rings. The minimum absolute atomic E-state index is 0.233. The van der Waals surface area contributed by atoms with Gasteiger partial charge in [-0.2, -0.15) is 0 Å². The third-order valence-corrected chi connectivity index (χ3v) is 4.14. The lowest BCUT2D eigenvalue weighted by atomic mass is 9.91. The maximum absolute atomic E-state index is 5.54. The van der Waals surface area contributed by atoms with Crippen molar-refractivity contribution < 1.29 is 0 Å². The Morgan fingerprint density at radius 2 is 2.25 bits per heavy atom. The van der Waals surface area contributed by atoms with Crippen LogP contribution in [-0.4, -0.2) is 19.6 Å². The van der Waals surface area contributed by atoms with Crippen molar-refractivity contribution >= 4 is 11.3 Å². The lowest BCUT2D eigenvalue weighted by Gasteiger charge is -2.24. The van der Waals surface area contributed by atoms with E-state index in [0.29, 0.717) is 5.92 Å². The lowest BCUT2D eigenvalue weighted by Crippen LogP contribution is -2.35. The number of hydrogen-bond donors (Lipinski definition) is 2. The van der Waals surface area contributed by atoms with Crippen LogP contribution < -0.4 is 11.1 Å². The van der Waals surface area contributed by atoms with Crippen LogP contribution in [0.4, 0.5) is 0 Å². The Labute approximate surface area is 103 Å². The normalized spacial score (nSPS) is 14.0. The summed E-state index contributed by atoms with van der Waals surface area (Å²) in [6.07, 6.45) is 1.10. The van der Waals surface area contributed by atoms with E-state index >= 15 is 0 Å². The summed E-state index contributed by atoms with van der Waals surface area (Å²) in [7, 11) is 0. The molecule has 0 amide bonds. The van der Waals surface area contributed by atoms with Gasteiger partial charge in [-0.3, -0.25) is 0 Å². The van der Waals surface area contributed by atoms with Crippen molar-refractivity contribution in [3.8, 4) is 0 Å². The van der Waals surface area contributed by atoms with Crippen LogP contribution in [0.2, 0.25) is 0 Å². The summed E-state index contributed by atoms with van der Waals surface area (Å²) in [4.78, 5) is 1.45. The second-order valence-electron chi connectivity index (χ2n) is 5.17. The number of nitrogens with two attached hydrogens (primary N) is 1. The number of thiophene rings is 1. The van der Waals surface area contributed by atoms with Crippen molar-refractivity contribution in [3.05, 3.63) is 22.4 Å². The van der Waals surface area contributed by atoms with Gasteiger partial charge >= 0.3 is 0 Å². The van der Waals surface area contributed by atoms with Crippen molar-refractivity contribution in [1.29, 1.82) is 0 Å². The fourth-order valence-electron chi connectivity index (χ4n) is 1.77. The molecule has 92 valence electrons. The van der Waals surface area contributed by atoms with Crippen molar-refractivity contribution in [2.24, 2.45) is 11.7 Å². The summed E-state index contributed by atoms with van der Waals surface area (Å²) >= 11 is 1.84. The molecule has 0 radical (unpaired) electrons. The van der Waals surface area contributed by atoms with E-state index < -0.39 is 0 Å². The fraction of sp³-hybridized carbons (Fsp3) is 0.692. The Balaban J connectivity index is 2.32.